The van der Waals surface area contributed by atoms with Crippen molar-refractivity contribution in [1.82, 2.24) is 0 Å². The minimum atomic E-state index is -1.89. The maximum Gasteiger partial charge on any atom is 1.00 e. The van der Waals surface area contributed by atoms with E-state index in [0.29, 0.717) is 9.37 Å². The van der Waals surface area contributed by atoms with E-state index in [2.05, 4.69) is 15.9 Å². The molecule has 1 atom stereocenters. The summed E-state index contributed by atoms with van der Waals surface area (Å²) in [6.07, 6.45) is 0. The zero-order chi connectivity index (χ0) is 7.56. The van der Waals surface area contributed by atoms with Crippen LogP contribution in [0.15, 0.2) is 33.6 Å². The molecule has 5 heteroatoms. The summed E-state index contributed by atoms with van der Waals surface area (Å²) in [6.45, 7) is 0. The van der Waals surface area contributed by atoms with Crippen LogP contribution in [0.2, 0.25) is 0 Å². The predicted molar refractivity (Wildman–Crippen MR) is 44.3 cm³/mol. The number of rotatable bonds is 1. The molecule has 11 heavy (non-hydrogen) atoms. The summed E-state index contributed by atoms with van der Waals surface area (Å²) >= 11 is 1.26. The van der Waals surface area contributed by atoms with Crippen LogP contribution in [0, 0.1) is 0 Å². The summed E-state index contributed by atoms with van der Waals surface area (Å²) in [5.74, 6) is 0. The molecule has 1 rings (SSSR count). The van der Waals surface area contributed by atoms with Crippen molar-refractivity contribution in [2.75, 3.05) is 0 Å². The third kappa shape index (κ3) is 3.78. The normalized spacial score (nSPS) is 11.8. The van der Waals surface area contributed by atoms with Crippen LogP contribution in [0.25, 0.3) is 0 Å². The molecule has 0 fully saturated rings. The predicted octanol–water partition coefficient (Wildman–Crippen LogP) is -0.854. The minimum Gasteiger partial charge on any atom is -1.00 e. The molecule has 56 valence electrons. The van der Waals surface area contributed by atoms with Crippen LogP contribution in [-0.2, 0) is 11.1 Å². The van der Waals surface area contributed by atoms with Gasteiger partial charge in [0.1, 0.15) is 0 Å². The molecule has 0 amide bonds. The molecule has 0 bridgehead atoms. The van der Waals surface area contributed by atoms with Crippen LogP contribution in [-0.4, -0.2) is 8.76 Å². The standard InChI is InChI=1S/C6H5BrO2S.K.H/c7-5-3-1-2-4-6(5)10(8)9;;/h1-4H,(H,8,9);;/q;+1;-1. The summed E-state index contributed by atoms with van der Waals surface area (Å²) in [5.41, 5.74) is 0. The van der Waals surface area contributed by atoms with Gasteiger partial charge in [0.25, 0.3) is 0 Å². The van der Waals surface area contributed by atoms with Gasteiger partial charge in [0.05, 0.1) is 4.90 Å². The van der Waals surface area contributed by atoms with Crippen molar-refractivity contribution in [1.29, 1.82) is 0 Å². The molecule has 0 radical (unpaired) electrons. The van der Waals surface area contributed by atoms with Crippen LogP contribution in [0.3, 0.4) is 0 Å². The Morgan fingerprint density at radius 3 is 2.36 bits per heavy atom. The molecule has 0 aromatic heterocycles. The first-order valence-corrected chi connectivity index (χ1v) is 4.47. The van der Waals surface area contributed by atoms with Gasteiger partial charge in [-0.05, 0) is 28.1 Å². The molecule has 1 unspecified atom stereocenters. The van der Waals surface area contributed by atoms with Crippen molar-refractivity contribution in [3.8, 4) is 0 Å². The van der Waals surface area contributed by atoms with E-state index >= 15 is 0 Å². The van der Waals surface area contributed by atoms with Gasteiger partial charge in [0.2, 0.25) is 0 Å². The van der Waals surface area contributed by atoms with Gasteiger partial charge < -0.3 is 5.98 Å². The fraction of sp³-hybridized carbons (Fsp3) is 0. The maximum absolute atomic E-state index is 10.5. The van der Waals surface area contributed by atoms with Gasteiger partial charge in [0.15, 0.2) is 11.1 Å². The fourth-order valence-corrected chi connectivity index (χ4v) is 1.72. The number of benzene rings is 1. The van der Waals surface area contributed by atoms with Gasteiger partial charge in [-0.15, -0.1) is 0 Å². The Bertz CT molecular complexity index is 271. The summed E-state index contributed by atoms with van der Waals surface area (Å²) in [5, 5.41) is 0. The summed E-state index contributed by atoms with van der Waals surface area (Å²) < 4.78 is 19.8. The van der Waals surface area contributed by atoms with Crippen LogP contribution in [0.1, 0.15) is 1.43 Å². The van der Waals surface area contributed by atoms with Gasteiger partial charge in [-0.1, -0.05) is 12.1 Å². The molecule has 0 heterocycles. The second-order valence-electron chi connectivity index (χ2n) is 1.68. The Labute approximate surface area is 120 Å². The zero-order valence-corrected chi connectivity index (χ0v) is 11.5. The molecular weight excluding hydrogens is 255 g/mol. The Balaban J connectivity index is 0. The van der Waals surface area contributed by atoms with Crippen LogP contribution in [0.4, 0.5) is 0 Å². The van der Waals surface area contributed by atoms with Crippen molar-refractivity contribution in [2.45, 2.75) is 4.90 Å². The first-order valence-electron chi connectivity index (χ1n) is 2.57. The molecular formula is C6H6BrKO2S. The van der Waals surface area contributed by atoms with Crippen LogP contribution >= 0.6 is 15.9 Å². The van der Waals surface area contributed by atoms with E-state index in [-0.39, 0.29) is 52.8 Å². The first-order chi connectivity index (χ1) is 4.72. The van der Waals surface area contributed by atoms with Crippen molar-refractivity contribution >= 4 is 27.0 Å². The Morgan fingerprint density at radius 1 is 1.45 bits per heavy atom. The SMILES string of the molecule is O=S(O)c1ccccc1Br.[H-].[K+]. The molecule has 0 spiro atoms. The fourth-order valence-electron chi connectivity index (χ4n) is 0.586. The van der Waals surface area contributed by atoms with E-state index in [4.69, 9.17) is 4.55 Å². The van der Waals surface area contributed by atoms with Gasteiger partial charge in [-0.3, -0.25) is 0 Å². The summed E-state index contributed by atoms with van der Waals surface area (Å²) in [4.78, 5) is 0.405. The summed E-state index contributed by atoms with van der Waals surface area (Å²) in [7, 11) is 0. The second kappa shape index (κ2) is 5.99. The third-order valence-electron chi connectivity index (χ3n) is 1.02. The number of hydrogen-bond acceptors (Lipinski definition) is 1. The van der Waals surface area contributed by atoms with Crippen molar-refractivity contribution in [3.63, 3.8) is 0 Å². The topological polar surface area (TPSA) is 37.3 Å². The molecule has 1 aromatic rings. The Hall–Kier alpha value is 1.45. The first kappa shape index (κ1) is 12.4. The van der Waals surface area contributed by atoms with E-state index in [1.165, 1.54) is 0 Å². The van der Waals surface area contributed by atoms with Crippen LogP contribution < -0.4 is 51.4 Å². The van der Waals surface area contributed by atoms with Crippen molar-refractivity contribution in [3.05, 3.63) is 28.7 Å². The molecule has 0 aliphatic carbocycles. The molecule has 0 aliphatic rings. The molecule has 0 aliphatic heterocycles. The van der Waals surface area contributed by atoms with Gasteiger partial charge >= 0.3 is 51.4 Å². The van der Waals surface area contributed by atoms with Gasteiger partial charge in [-0.2, -0.15) is 0 Å². The minimum absolute atomic E-state index is 0. The summed E-state index contributed by atoms with van der Waals surface area (Å²) in [6, 6.07) is 6.83. The average Bonchev–Trinajstić information content (AvgIpc) is 1.88. The van der Waals surface area contributed by atoms with Crippen molar-refractivity contribution < 1.29 is 61.6 Å². The number of hydrogen-bond donors (Lipinski definition) is 1. The monoisotopic (exact) mass is 260 g/mol. The van der Waals surface area contributed by atoms with E-state index in [9.17, 15) is 4.21 Å². The zero-order valence-electron chi connectivity index (χ0n) is 6.95. The Morgan fingerprint density at radius 2 is 2.00 bits per heavy atom. The largest absolute Gasteiger partial charge is 1.00 e. The molecule has 1 N–H and O–H groups in total. The quantitative estimate of drug-likeness (QED) is 0.528. The van der Waals surface area contributed by atoms with E-state index in [1.54, 1.807) is 24.3 Å². The Kier molecular flexibility index (Phi) is 6.77. The third-order valence-corrected chi connectivity index (χ3v) is 2.71. The van der Waals surface area contributed by atoms with E-state index < -0.39 is 11.1 Å². The van der Waals surface area contributed by atoms with Crippen molar-refractivity contribution in [2.24, 2.45) is 0 Å². The van der Waals surface area contributed by atoms with Gasteiger partial charge in [0, 0.05) is 4.47 Å². The smallest absolute Gasteiger partial charge is 1.00 e. The number of halogens is 1. The average molecular weight is 261 g/mol. The van der Waals surface area contributed by atoms with Crippen LogP contribution in [0.5, 0.6) is 0 Å². The molecule has 2 nitrogen and oxygen atoms in total. The molecule has 1 aromatic carbocycles. The molecule has 0 saturated heterocycles. The molecule has 0 saturated carbocycles. The second-order valence-corrected chi connectivity index (χ2v) is 3.47. The van der Waals surface area contributed by atoms with E-state index in [1.807, 2.05) is 0 Å². The van der Waals surface area contributed by atoms with E-state index in [0.717, 1.165) is 0 Å². The van der Waals surface area contributed by atoms with Gasteiger partial charge in [-0.25, -0.2) is 4.21 Å². The maximum atomic E-state index is 10.5.